The van der Waals surface area contributed by atoms with Crippen molar-refractivity contribution >= 4 is 0 Å². The third-order valence-electron chi connectivity index (χ3n) is 2.10. The first-order chi connectivity index (χ1) is 7.99. The van der Waals surface area contributed by atoms with Crippen LogP contribution < -0.4 is 0 Å². The van der Waals surface area contributed by atoms with Crippen LogP contribution in [0.15, 0.2) is 42.5 Å². The second kappa shape index (κ2) is 6.09. The molecule has 0 saturated carbocycles. The lowest BCUT2D eigenvalue weighted by Crippen LogP contribution is -1.81. The van der Waals surface area contributed by atoms with Crippen molar-refractivity contribution in [2.45, 2.75) is 13.8 Å². The summed E-state index contributed by atoms with van der Waals surface area (Å²) in [6.07, 6.45) is 0. The highest BCUT2D eigenvalue weighted by molar-refractivity contribution is 5.16. The molecular weight excluding hydrogens is 225 g/mol. The zero-order valence-corrected chi connectivity index (χ0v) is 9.68. The van der Waals surface area contributed by atoms with Gasteiger partial charge in [0.2, 0.25) is 0 Å². The van der Waals surface area contributed by atoms with E-state index in [9.17, 15) is 13.2 Å². The molecule has 0 spiro atoms. The van der Waals surface area contributed by atoms with Crippen molar-refractivity contribution in [3.8, 4) is 0 Å². The van der Waals surface area contributed by atoms with E-state index >= 15 is 0 Å². The lowest BCUT2D eigenvalue weighted by Gasteiger charge is -1.92. The van der Waals surface area contributed by atoms with Gasteiger partial charge in [-0.1, -0.05) is 12.1 Å². The molecule has 0 aliphatic rings. The molecule has 3 heteroatoms. The van der Waals surface area contributed by atoms with E-state index in [0.29, 0.717) is 5.56 Å². The summed E-state index contributed by atoms with van der Waals surface area (Å²) in [5.41, 5.74) is 1.31. The number of aryl methyl sites for hydroxylation is 2. The van der Waals surface area contributed by atoms with Gasteiger partial charge in [0.25, 0.3) is 0 Å². The van der Waals surface area contributed by atoms with Crippen molar-refractivity contribution in [1.82, 2.24) is 0 Å². The maximum absolute atomic E-state index is 12.3. The molecule has 90 valence electrons. The number of benzene rings is 2. The molecule has 0 fully saturated rings. The maximum atomic E-state index is 12.3. The highest BCUT2D eigenvalue weighted by Crippen LogP contribution is 2.06. The van der Waals surface area contributed by atoms with Gasteiger partial charge in [0.05, 0.1) is 0 Å². The summed E-state index contributed by atoms with van der Waals surface area (Å²) < 4.78 is 36.7. The normalized spacial score (nSPS) is 9.47. The van der Waals surface area contributed by atoms with Crippen LogP contribution in [0, 0.1) is 31.3 Å². The fourth-order valence-electron chi connectivity index (χ4n) is 1.21. The molecule has 0 atom stereocenters. The smallest absolute Gasteiger partial charge is 0.126 e. The van der Waals surface area contributed by atoms with E-state index in [1.807, 2.05) is 13.0 Å². The Morgan fingerprint density at radius 3 is 1.82 bits per heavy atom. The minimum Gasteiger partial charge on any atom is -0.207 e. The molecular formula is C14H13F3. The molecule has 2 aromatic rings. The standard InChI is InChI=1S/C7H6F2.C7H7F/c1-5-4-6(8)2-3-7(5)9;1-6-3-2-4-7(8)5-6/h2-4H,1H3;2-5H,1H3. The second-order valence-electron chi connectivity index (χ2n) is 3.69. The van der Waals surface area contributed by atoms with Gasteiger partial charge in [-0.15, -0.1) is 0 Å². The molecule has 0 saturated heterocycles. The van der Waals surface area contributed by atoms with Crippen molar-refractivity contribution < 1.29 is 13.2 Å². The van der Waals surface area contributed by atoms with E-state index in [4.69, 9.17) is 0 Å². The van der Waals surface area contributed by atoms with Gasteiger partial charge in [0, 0.05) is 0 Å². The van der Waals surface area contributed by atoms with Crippen molar-refractivity contribution in [1.29, 1.82) is 0 Å². The number of halogens is 3. The van der Waals surface area contributed by atoms with E-state index in [-0.39, 0.29) is 11.6 Å². The van der Waals surface area contributed by atoms with Crippen LogP contribution in [0.5, 0.6) is 0 Å². The zero-order valence-electron chi connectivity index (χ0n) is 9.68. The Morgan fingerprint density at radius 2 is 1.41 bits per heavy atom. The molecule has 0 N–H and O–H groups in total. The van der Waals surface area contributed by atoms with Crippen molar-refractivity contribution in [2.75, 3.05) is 0 Å². The summed E-state index contributed by atoms with van der Waals surface area (Å²) in [7, 11) is 0. The number of hydrogen-bond donors (Lipinski definition) is 0. The van der Waals surface area contributed by atoms with Crippen LogP contribution in [0.4, 0.5) is 13.2 Å². The van der Waals surface area contributed by atoms with Crippen LogP contribution in [0.2, 0.25) is 0 Å². The Balaban J connectivity index is 0.000000171. The topological polar surface area (TPSA) is 0 Å². The SMILES string of the molecule is Cc1cc(F)ccc1F.Cc1cccc(F)c1. The predicted molar refractivity (Wildman–Crippen MR) is 62.2 cm³/mol. The fourth-order valence-corrected chi connectivity index (χ4v) is 1.21. The fraction of sp³-hybridized carbons (Fsp3) is 0.143. The quantitative estimate of drug-likeness (QED) is 0.637. The minimum atomic E-state index is -0.395. The van der Waals surface area contributed by atoms with Crippen LogP contribution >= 0.6 is 0 Å². The maximum Gasteiger partial charge on any atom is 0.126 e. The van der Waals surface area contributed by atoms with Gasteiger partial charge in [0.1, 0.15) is 17.5 Å². The molecule has 0 unspecified atom stereocenters. The molecule has 0 aromatic heterocycles. The lowest BCUT2D eigenvalue weighted by atomic mass is 10.2. The largest absolute Gasteiger partial charge is 0.207 e. The summed E-state index contributed by atoms with van der Waals surface area (Å²) in [5.74, 6) is -0.921. The molecule has 0 radical (unpaired) electrons. The van der Waals surface area contributed by atoms with Gasteiger partial charge in [-0.2, -0.15) is 0 Å². The third kappa shape index (κ3) is 4.72. The summed E-state index contributed by atoms with van der Waals surface area (Å²) >= 11 is 0. The first-order valence-corrected chi connectivity index (χ1v) is 5.13. The highest BCUT2D eigenvalue weighted by Gasteiger charge is 1.95. The molecule has 0 heterocycles. The first kappa shape index (κ1) is 13.3. The number of hydrogen-bond acceptors (Lipinski definition) is 0. The van der Waals surface area contributed by atoms with E-state index in [1.54, 1.807) is 6.07 Å². The molecule has 0 aliphatic heterocycles. The van der Waals surface area contributed by atoms with Crippen LogP contribution in [0.3, 0.4) is 0 Å². The molecule has 0 aliphatic carbocycles. The van der Waals surface area contributed by atoms with Crippen LogP contribution in [-0.2, 0) is 0 Å². The molecule has 0 nitrogen and oxygen atoms in total. The van der Waals surface area contributed by atoms with E-state index in [1.165, 1.54) is 19.1 Å². The summed E-state index contributed by atoms with van der Waals surface area (Å²) in [4.78, 5) is 0. The summed E-state index contributed by atoms with van der Waals surface area (Å²) in [6.45, 7) is 3.39. The molecule has 0 amide bonds. The van der Waals surface area contributed by atoms with Gasteiger partial charge >= 0.3 is 0 Å². The van der Waals surface area contributed by atoms with Gasteiger partial charge in [0.15, 0.2) is 0 Å². The molecule has 0 bridgehead atoms. The predicted octanol–water partition coefficient (Wildman–Crippen LogP) is 4.41. The van der Waals surface area contributed by atoms with Gasteiger partial charge in [-0.05, 0) is 55.3 Å². The van der Waals surface area contributed by atoms with Crippen LogP contribution in [0.25, 0.3) is 0 Å². The monoisotopic (exact) mass is 238 g/mol. The Morgan fingerprint density at radius 1 is 0.765 bits per heavy atom. The van der Waals surface area contributed by atoms with E-state index in [2.05, 4.69) is 0 Å². The molecule has 17 heavy (non-hydrogen) atoms. The van der Waals surface area contributed by atoms with Crippen LogP contribution in [-0.4, -0.2) is 0 Å². The van der Waals surface area contributed by atoms with Gasteiger partial charge in [-0.3, -0.25) is 0 Å². The summed E-state index contributed by atoms with van der Waals surface area (Å²) in [5, 5.41) is 0. The summed E-state index contributed by atoms with van der Waals surface area (Å²) in [6, 6.07) is 9.88. The van der Waals surface area contributed by atoms with Crippen molar-refractivity contribution in [3.63, 3.8) is 0 Å². The third-order valence-corrected chi connectivity index (χ3v) is 2.10. The van der Waals surface area contributed by atoms with Crippen molar-refractivity contribution in [3.05, 3.63) is 71.0 Å². The highest BCUT2D eigenvalue weighted by atomic mass is 19.1. The first-order valence-electron chi connectivity index (χ1n) is 5.13. The van der Waals surface area contributed by atoms with E-state index < -0.39 is 5.82 Å². The van der Waals surface area contributed by atoms with Crippen LogP contribution in [0.1, 0.15) is 11.1 Å². The zero-order chi connectivity index (χ0) is 12.8. The van der Waals surface area contributed by atoms with E-state index in [0.717, 1.165) is 23.8 Å². The molecule has 2 aromatic carbocycles. The minimum absolute atomic E-state index is 0.162. The van der Waals surface area contributed by atoms with Crippen molar-refractivity contribution in [2.24, 2.45) is 0 Å². The Labute approximate surface area is 98.7 Å². The van der Waals surface area contributed by atoms with Gasteiger partial charge in [-0.25, -0.2) is 13.2 Å². The number of rotatable bonds is 0. The Bertz CT molecular complexity index is 475. The lowest BCUT2D eigenvalue weighted by molar-refractivity contribution is 0.592. The second-order valence-corrected chi connectivity index (χ2v) is 3.69. The molecule has 2 rings (SSSR count). The average Bonchev–Trinajstić information content (AvgIpc) is 2.24. The Hall–Kier alpha value is -1.77. The Kier molecular flexibility index (Phi) is 4.76. The average molecular weight is 238 g/mol. The van der Waals surface area contributed by atoms with Gasteiger partial charge < -0.3 is 0 Å².